The van der Waals surface area contributed by atoms with E-state index in [0.717, 1.165) is 60.9 Å². The predicted molar refractivity (Wildman–Crippen MR) is 218 cm³/mol. The lowest BCUT2D eigenvalue weighted by Gasteiger charge is -2.10. The molecule has 0 N–H and O–H groups in total. The summed E-state index contributed by atoms with van der Waals surface area (Å²) >= 11 is 0. The van der Waals surface area contributed by atoms with Gasteiger partial charge in [0.05, 0.1) is 17.2 Å². The van der Waals surface area contributed by atoms with E-state index in [1.54, 1.807) is 6.20 Å². The summed E-state index contributed by atoms with van der Waals surface area (Å²) in [5.74, 6) is 1.71. The Bertz CT molecular complexity index is 3200. The number of furan rings is 1. The fraction of sp³-hybridized carbons (Fsp3) is 0. The van der Waals surface area contributed by atoms with Gasteiger partial charge in [0.1, 0.15) is 5.58 Å². The van der Waals surface area contributed by atoms with E-state index in [4.69, 9.17) is 19.4 Å². The molecule has 0 aliphatic carbocycles. The van der Waals surface area contributed by atoms with Gasteiger partial charge in [0.2, 0.25) is 0 Å². The summed E-state index contributed by atoms with van der Waals surface area (Å²) in [7, 11) is 0. The molecular formula is C48H29N5O. The number of hydrogen-bond acceptors (Lipinski definition) is 5. The highest BCUT2D eigenvalue weighted by molar-refractivity contribution is 6.15. The summed E-state index contributed by atoms with van der Waals surface area (Å²) in [5.41, 5.74) is 9.61. The Morgan fingerprint density at radius 1 is 0.407 bits per heavy atom. The van der Waals surface area contributed by atoms with Crippen LogP contribution in [0.4, 0.5) is 0 Å². The van der Waals surface area contributed by atoms with Crippen molar-refractivity contribution >= 4 is 54.5 Å². The lowest BCUT2D eigenvalue weighted by atomic mass is 10.0. The maximum Gasteiger partial charge on any atom is 0.166 e. The van der Waals surface area contributed by atoms with Crippen LogP contribution in [0.25, 0.3) is 105 Å². The molecule has 54 heavy (non-hydrogen) atoms. The van der Waals surface area contributed by atoms with Crippen molar-refractivity contribution in [2.75, 3.05) is 0 Å². The number of benzene rings is 7. The largest absolute Gasteiger partial charge is 0.454 e. The fourth-order valence-electron chi connectivity index (χ4n) is 7.74. The summed E-state index contributed by atoms with van der Waals surface area (Å²) in [4.78, 5) is 19.7. The van der Waals surface area contributed by atoms with Crippen LogP contribution in [-0.2, 0) is 0 Å². The average Bonchev–Trinajstić information content (AvgIpc) is 3.78. The van der Waals surface area contributed by atoms with Gasteiger partial charge in [-0.3, -0.25) is 4.98 Å². The van der Waals surface area contributed by atoms with Crippen molar-refractivity contribution in [3.05, 3.63) is 176 Å². The molecule has 6 heteroatoms. The number of hydrogen-bond donors (Lipinski definition) is 0. The quantitative estimate of drug-likeness (QED) is 0.180. The van der Waals surface area contributed by atoms with Crippen LogP contribution in [0.1, 0.15) is 0 Å². The Balaban J connectivity index is 1.08. The Morgan fingerprint density at radius 3 is 1.80 bits per heavy atom. The third-order valence-electron chi connectivity index (χ3n) is 10.3. The number of aromatic nitrogens is 5. The van der Waals surface area contributed by atoms with Crippen LogP contribution in [0.15, 0.2) is 181 Å². The maximum absolute atomic E-state index is 6.59. The molecule has 0 aliphatic rings. The minimum absolute atomic E-state index is 0.533. The summed E-state index contributed by atoms with van der Waals surface area (Å²) in [6.07, 6.45) is 3.60. The molecule has 0 spiro atoms. The first-order valence-corrected chi connectivity index (χ1v) is 18.0. The van der Waals surface area contributed by atoms with E-state index < -0.39 is 0 Å². The molecule has 0 saturated heterocycles. The molecule has 7 aromatic carbocycles. The van der Waals surface area contributed by atoms with Crippen LogP contribution in [0.5, 0.6) is 0 Å². The Morgan fingerprint density at radius 2 is 1.02 bits per heavy atom. The van der Waals surface area contributed by atoms with E-state index >= 15 is 0 Å². The Hall–Kier alpha value is -7.44. The summed E-state index contributed by atoms with van der Waals surface area (Å²) in [6, 6.07) is 56.9. The zero-order chi connectivity index (χ0) is 35.6. The highest BCUT2D eigenvalue weighted by Gasteiger charge is 2.20. The molecule has 4 heterocycles. The lowest BCUT2D eigenvalue weighted by Crippen LogP contribution is -2.00. The van der Waals surface area contributed by atoms with Crippen LogP contribution in [0.2, 0.25) is 0 Å². The zero-order valence-corrected chi connectivity index (χ0v) is 28.9. The molecule has 0 radical (unpaired) electrons. The normalized spacial score (nSPS) is 11.7. The van der Waals surface area contributed by atoms with Gasteiger partial charge in [0, 0.05) is 56.2 Å². The second-order valence-electron chi connectivity index (χ2n) is 13.5. The molecule has 11 rings (SSSR count). The molecule has 0 amide bonds. The standard InChI is InChI=1S/C48H29N5O/c1-3-11-30(12-4-1)31-19-21-33(22-20-31)47-50-46(32-13-5-2-6-14-32)51-48(52-47)40-28-49-29-44-45(40)38-24-23-36(27-43(38)54-44)53-41-18-10-9-17-37(41)39-25-34-15-7-8-16-35(34)26-42(39)53/h1-29H. The number of pyridine rings is 1. The highest BCUT2D eigenvalue weighted by atomic mass is 16.3. The smallest absolute Gasteiger partial charge is 0.166 e. The summed E-state index contributed by atoms with van der Waals surface area (Å²) < 4.78 is 8.92. The van der Waals surface area contributed by atoms with Gasteiger partial charge in [0.15, 0.2) is 23.1 Å². The van der Waals surface area contributed by atoms with E-state index in [0.29, 0.717) is 23.1 Å². The predicted octanol–water partition coefficient (Wildman–Crippen LogP) is 12.1. The second kappa shape index (κ2) is 12.1. The topological polar surface area (TPSA) is 69.6 Å². The van der Waals surface area contributed by atoms with Gasteiger partial charge in [-0.15, -0.1) is 0 Å². The molecule has 0 aliphatic heterocycles. The molecule has 0 atom stereocenters. The van der Waals surface area contributed by atoms with Gasteiger partial charge < -0.3 is 8.98 Å². The van der Waals surface area contributed by atoms with Gasteiger partial charge in [0.25, 0.3) is 0 Å². The van der Waals surface area contributed by atoms with Crippen molar-refractivity contribution in [3.8, 4) is 51.0 Å². The van der Waals surface area contributed by atoms with Crippen LogP contribution < -0.4 is 0 Å². The summed E-state index contributed by atoms with van der Waals surface area (Å²) in [6.45, 7) is 0. The fourth-order valence-corrected chi connectivity index (χ4v) is 7.74. The number of fused-ring (bicyclic) bond motifs is 7. The van der Waals surface area contributed by atoms with Crippen molar-refractivity contribution in [3.63, 3.8) is 0 Å². The van der Waals surface area contributed by atoms with Crippen LogP contribution in [-0.4, -0.2) is 24.5 Å². The lowest BCUT2D eigenvalue weighted by molar-refractivity contribution is 0.666. The van der Waals surface area contributed by atoms with Crippen molar-refractivity contribution in [2.24, 2.45) is 0 Å². The molecule has 11 aromatic rings. The first-order valence-electron chi connectivity index (χ1n) is 18.0. The molecule has 0 fully saturated rings. The maximum atomic E-state index is 6.59. The van der Waals surface area contributed by atoms with Crippen LogP contribution in [0, 0.1) is 0 Å². The minimum Gasteiger partial charge on any atom is -0.454 e. The van der Waals surface area contributed by atoms with E-state index in [-0.39, 0.29) is 0 Å². The van der Waals surface area contributed by atoms with Gasteiger partial charge in [-0.1, -0.05) is 127 Å². The first kappa shape index (κ1) is 30.2. The summed E-state index contributed by atoms with van der Waals surface area (Å²) in [5, 5.41) is 6.73. The van der Waals surface area contributed by atoms with Crippen LogP contribution >= 0.6 is 0 Å². The van der Waals surface area contributed by atoms with Gasteiger partial charge in [-0.2, -0.15) is 0 Å². The Kier molecular flexibility index (Phi) is 6.75. The van der Waals surface area contributed by atoms with Crippen LogP contribution in [0.3, 0.4) is 0 Å². The Labute approximate surface area is 309 Å². The monoisotopic (exact) mass is 691 g/mol. The number of rotatable bonds is 5. The van der Waals surface area contributed by atoms with Crippen molar-refractivity contribution < 1.29 is 4.42 Å². The highest BCUT2D eigenvalue weighted by Crippen LogP contribution is 2.39. The molecule has 0 unspecified atom stereocenters. The molecule has 6 nitrogen and oxygen atoms in total. The SMILES string of the molecule is c1ccc(-c2ccc(-c3nc(-c4ccccc4)nc(-c4cncc5oc6cc(-n7c8ccccc8c8cc9ccccc9cc87)ccc6c45)n3)cc2)cc1. The van der Waals surface area contributed by atoms with E-state index in [2.05, 4.69) is 137 Å². The molecular weight excluding hydrogens is 663 g/mol. The van der Waals surface area contributed by atoms with Gasteiger partial charge in [-0.05, 0) is 52.2 Å². The molecule has 252 valence electrons. The zero-order valence-electron chi connectivity index (χ0n) is 28.9. The average molecular weight is 692 g/mol. The molecule has 0 bridgehead atoms. The third kappa shape index (κ3) is 4.89. The number of nitrogens with zero attached hydrogens (tertiary/aromatic N) is 5. The third-order valence-corrected chi connectivity index (χ3v) is 10.3. The van der Waals surface area contributed by atoms with E-state index in [1.165, 1.54) is 21.5 Å². The van der Waals surface area contributed by atoms with E-state index in [1.807, 2.05) is 42.6 Å². The molecule has 0 saturated carbocycles. The van der Waals surface area contributed by atoms with Gasteiger partial charge >= 0.3 is 0 Å². The molecule has 4 aromatic heterocycles. The van der Waals surface area contributed by atoms with E-state index in [9.17, 15) is 0 Å². The number of para-hydroxylation sites is 1. The second-order valence-corrected chi connectivity index (χ2v) is 13.5. The van der Waals surface area contributed by atoms with Crippen molar-refractivity contribution in [1.82, 2.24) is 24.5 Å². The van der Waals surface area contributed by atoms with Gasteiger partial charge in [-0.25, -0.2) is 15.0 Å². The van der Waals surface area contributed by atoms with Crippen molar-refractivity contribution in [2.45, 2.75) is 0 Å². The first-order chi connectivity index (χ1) is 26.7. The minimum atomic E-state index is 0.533. The van der Waals surface area contributed by atoms with Crippen molar-refractivity contribution in [1.29, 1.82) is 0 Å².